The first-order chi connectivity index (χ1) is 8.74. The quantitative estimate of drug-likeness (QED) is 0.689. The Balaban J connectivity index is 2.18. The molecular weight excluding hydrogens is 228 g/mol. The van der Waals surface area contributed by atoms with Crippen molar-refractivity contribution in [1.29, 1.82) is 0 Å². The van der Waals surface area contributed by atoms with Crippen LogP contribution in [0.25, 0.3) is 0 Å². The number of hydrogen-bond donors (Lipinski definition) is 2. The van der Waals surface area contributed by atoms with Gasteiger partial charge in [-0.15, -0.1) is 0 Å². The minimum absolute atomic E-state index is 0.0288. The molecule has 100 valence electrons. The second-order valence-electron chi connectivity index (χ2n) is 4.10. The van der Waals surface area contributed by atoms with Gasteiger partial charge in [-0.05, 0) is 18.9 Å². The number of rotatable bonds is 8. The van der Waals surface area contributed by atoms with Gasteiger partial charge >= 0.3 is 0 Å². The molecule has 0 aliphatic heterocycles. The molecule has 1 aromatic carbocycles. The van der Waals surface area contributed by atoms with Gasteiger partial charge in [-0.25, -0.2) is 0 Å². The third kappa shape index (κ3) is 5.80. The van der Waals surface area contributed by atoms with Gasteiger partial charge in [0.25, 0.3) is 0 Å². The standard InChI is InChI=1S/C14H22N2O2/c1-2-18-11-10-16-14(17)9-8-13(15)12-6-4-3-5-7-12/h3-7,13H,2,8-11,15H2,1H3,(H,16,17). The third-order valence-corrected chi connectivity index (χ3v) is 2.68. The molecule has 1 unspecified atom stereocenters. The number of benzene rings is 1. The Hall–Kier alpha value is -1.39. The molecule has 1 amide bonds. The predicted octanol–water partition coefficient (Wildman–Crippen LogP) is 1.62. The van der Waals surface area contributed by atoms with E-state index in [1.165, 1.54) is 0 Å². The fourth-order valence-electron chi connectivity index (χ4n) is 1.65. The van der Waals surface area contributed by atoms with E-state index in [4.69, 9.17) is 10.5 Å². The molecule has 4 heteroatoms. The van der Waals surface area contributed by atoms with Crippen molar-refractivity contribution in [2.24, 2.45) is 5.73 Å². The van der Waals surface area contributed by atoms with E-state index in [1.807, 2.05) is 37.3 Å². The summed E-state index contributed by atoms with van der Waals surface area (Å²) >= 11 is 0. The lowest BCUT2D eigenvalue weighted by atomic mass is 10.0. The highest BCUT2D eigenvalue weighted by Crippen LogP contribution is 2.14. The fraction of sp³-hybridized carbons (Fsp3) is 0.500. The highest BCUT2D eigenvalue weighted by Gasteiger charge is 2.08. The summed E-state index contributed by atoms with van der Waals surface area (Å²) in [5.74, 6) is 0.0288. The summed E-state index contributed by atoms with van der Waals surface area (Å²) in [6.45, 7) is 3.73. The van der Waals surface area contributed by atoms with Crippen molar-refractivity contribution in [2.75, 3.05) is 19.8 Å². The van der Waals surface area contributed by atoms with Gasteiger partial charge in [-0.3, -0.25) is 4.79 Å². The monoisotopic (exact) mass is 250 g/mol. The Morgan fingerprint density at radius 1 is 1.39 bits per heavy atom. The van der Waals surface area contributed by atoms with E-state index in [1.54, 1.807) is 0 Å². The highest BCUT2D eigenvalue weighted by molar-refractivity contribution is 5.75. The first kappa shape index (κ1) is 14.7. The Kier molecular flexibility index (Phi) is 7.06. The summed E-state index contributed by atoms with van der Waals surface area (Å²) < 4.78 is 5.14. The third-order valence-electron chi connectivity index (χ3n) is 2.68. The lowest BCUT2D eigenvalue weighted by Gasteiger charge is -2.11. The van der Waals surface area contributed by atoms with Crippen LogP contribution >= 0.6 is 0 Å². The van der Waals surface area contributed by atoms with E-state index in [0.717, 1.165) is 5.56 Å². The Bertz CT molecular complexity index is 341. The van der Waals surface area contributed by atoms with Crippen molar-refractivity contribution < 1.29 is 9.53 Å². The highest BCUT2D eigenvalue weighted by atomic mass is 16.5. The van der Waals surface area contributed by atoms with Gasteiger partial charge in [0.2, 0.25) is 5.91 Å². The minimum atomic E-state index is -0.0798. The van der Waals surface area contributed by atoms with Crippen LogP contribution < -0.4 is 11.1 Å². The van der Waals surface area contributed by atoms with E-state index in [0.29, 0.717) is 32.6 Å². The number of nitrogens with one attached hydrogen (secondary N) is 1. The van der Waals surface area contributed by atoms with Crippen LogP contribution in [-0.2, 0) is 9.53 Å². The molecule has 0 bridgehead atoms. The number of amides is 1. The topological polar surface area (TPSA) is 64.3 Å². The van der Waals surface area contributed by atoms with E-state index in [9.17, 15) is 4.79 Å². The second-order valence-corrected chi connectivity index (χ2v) is 4.10. The maximum atomic E-state index is 11.5. The minimum Gasteiger partial charge on any atom is -0.380 e. The molecule has 1 atom stereocenters. The van der Waals surface area contributed by atoms with Crippen LogP contribution in [0.2, 0.25) is 0 Å². The summed E-state index contributed by atoms with van der Waals surface area (Å²) in [6.07, 6.45) is 1.10. The van der Waals surface area contributed by atoms with Crippen molar-refractivity contribution in [3.63, 3.8) is 0 Å². The Labute approximate surface area is 109 Å². The molecule has 4 nitrogen and oxygen atoms in total. The van der Waals surface area contributed by atoms with Gasteiger partial charge in [-0.2, -0.15) is 0 Å². The summed E-state index contributed by atoms with van der Waals surface area (Å²) in [6, 6.07) is 9.75. The molecule has 3 N–H and O–H groups in total. The summed E-state index contributed by atoms with van der Waals surface area (Å²) in [7, 11) is 0. The van der Waals surface area contributed by atoms with E-state index in [2.05, 4.69) is 5.32 Å². The molecule has 0 radical (unpaired) electrons. The van der Waals surface area contributed by atoms with Crippen LogP contribution in [0.1, 0.15) is 31.4 Å². The number of ether oxygens (including phenoxy) is 1. The van der Waals surface area contributed by atoms with Crippen LogP contribution in [0.3, 0.4) is 0 Å². The van der Waals surface area contributed by atoms with Gasteiger partial charge in [-0.1, -0.05) is 30.3 Å². The molecule has 0 saturated heterocycles. The summed E-state index contributed by atoms with van der Waals surface area (Å²) in [5.41, 5.74) is 7.08. The average Bonchev–Trinajstić information content (AvgIpc) is 2.42. The zero-order valence-corrected chi connectivity index (χ0v) is 10.9. The maximum absolute atomic E-state index is 11.5. The van der Waals surface area contributed by atoms with Crippen molar-refractivity contribution in [1.82, 2.24) is 5.32 Å². The van der Waals surface area contributed by atoms with Crippen LogP contribution in [-0.4, -0.2) is 25.7 Å². The van der Waals surface area contributed by atoms with E-state index < -0.39 is 0 Å². The molecule has 0 aliphatic rings. The lowest BCUT2D eigenvalue weighted by molar-refractivity contribution is -0.121. The fourth-order valence-corrected chi connectivity index (χ4v) is 1.65. The Morgan fingerprint density at radius 3 is 2.78 bits per heavy atom. The Morgan fingerprint density at radius 2 is 2.11 bits per heavy atom. The van der Waals surface area contributed by atoms with Gasteiger partial charge in [0.1, 0.15) is 0 Å². The molecule has 0 saturated carbocycles. The zero-order valence-electron chi connectivity index (χ0n) is 10.9. The number of carbonyl (C=O) groups excluding carboxylic acids is 1. The average molecular weight is 250 g/mol. The normalized spacial score (nSPS) is 12.1. The lowest BCUT2D eigenvalue weighted by Crippen LogP contribution is -2.28. The smallest absolute Gasteiger partial charge is 0.220 e. The predicted molar refractivity (Wildman–Crippen MR) is 72.1 cm³/mol. The van der Waals surface area contributed by atoms with E-state index >= 15 is 0 Å². The number of nitrogens with two attached hydrogens (primary N) is 1. The van der Waals surface area contributed by atoms with Crippen molar-refractivity contribution in [2.45, 2.75) is 25.8 Å². The first-order valence-corrected chi connectivity index (χ1v) is 6.39. The molecule has 0 aromatic heterocycles. The van der Waals surface area contributed by atoms with Crippen LogP contribution in [0.4, 0.5) is 0 Å². The number of carbonyl (C=O) groups is 1. The summed E-state index contributed by atoms with van der Waals surface area (Å²) in [5, 5.41) is 2.80. The number of hydrogen-bond acceptors (Lipinski definition) is 3. The van der Waals surface area contributed by atoms with Crippen LogP contribution in [0, 0.1) is 0 Å². The maximum Gasteiger partial charge on any atom is 0.220 e. The molecule has 1 aromatic rings. The van der Waals surface area contributed by atoms with E-state index in [-0.39, 0.29) is 11.9 Å². The van der Waals surface area contributed by atoms with Crippen LogP contribution in [0.15, 0.2) is 30.3 Å². The van der Waals surface area contributed by atoms with Crippen LogP contribution in [0.5, 0.6) is 0 Å². The summed E-state index contributed by atoms with van der Waals surface area (Å²) in [4.78, 5) is 11.5. The SMILES string of the molecule is CCOCCNC(=O)CCC(N)c1ccccc1. The molecule has 0 heterocycles. The second kappa shape index (κ2) is 8.66. The van der Waals surface area contributed by atoms with Gasteiger partial charge in [0.05, 0.1) is 6.61 Å². The van der Waals surface area contributed by atoms with Crippen molar-refractivity contribution >= 4 is 5.91 Å². The van der Waals surface area contributed by atoms with Crippen molar-refractivity contribution in [3.8, 4) is 0 Å². The van der Waals surface area contributed by atoms with Gasteiger partial charge in [0.15, 0.2) is 0 Å². The largest absolute Gasteiger partial charge is 0.380 e. The molecule has 0 aliphatic carbocycles. The molecule has 0 spiro atoms. The van der Waals surface area contributed by atoms with Crippen molar-refractivity contribution in [3.05, 3.63) is 35.9 Å². The zero-order chi connectivity index (χ0) is 13.2. The molecule has 1 rings (SSSR count). The van der Waals surface area contributed by atoms with Gasteiger partial charge < -0.3 is 15.8 Å². The van der Waals surface area contributed by atoms with Gasteiger partial charge in [0, 0.05) is 25.6 Å². The molecular formula is C14H22N2O2. The first-order valence-electron chi connectivity index (χ1n) is 6.39. The molecule has 18 heavy (non-hydrogen) atoms. The molecule has 0 fully saturated rings.